The average Bonchev–Trinajstić information content (AvgIpc) is 3.13. The number of nitrogens with one attached hydrogen (secondary N) is 1. The van der Waals surface area contributed by atoms with Crippen molar-refractivity contribution in [3.63, 3.8) is 0 Å². The molecule has 2 fully saturated rings. The summed E-state index contributed by atoms with van der Waals surface area (Å²) >= 11 is 0. The van der Waals surface area contributed by atoms with E-state index in [0.29, 0.717) is 6.04 Å². The Morgan fingerprint density at radius 1 is 1.29 bits per heavy atom. The minimum absolute atomic E-state index is 0.264. The molecule has 3 rings (SSSR count). The number of ether oxygens (including phenoxy) is 2. The summed E-state index contributed by atoms with van der Waals surface area (Å²) in [6.07, 6.45) is 5.96. The van der Waals surface area contributed by atoms with Crippen LogP contribution in [0.2, 0.25) is 0 Å². The lowest BCUT2D eigenvalue weighted by Gasteiger charge is -2.36. The topological polar surface area (TPSA) is 46.9 Å². The van der Waals surface area contributed by atoms with Crippen molar-refractivity contribution in [1.82, 2.24) is 10.2 Å². The van der Waals surface area contributed by atoms with Crippen LogP contribution in [0.5, 0.6) is 0 Å². The van der Waals surface area contributed by atoms with E-state index in [-0.39, 0.29) is 11.8 Å². The lowest BCUT2D eigenvalue weighted by molar-refractivity contribution is -0.179. The number of likely N-dealkylation sites (N-methyl/N-ethyl adjacent to an activating group) is 1. The van der Waals surface area contributed by atoms with E-state index in [9.17, 15) is 0 Å². The predicted octanol–water partition coefficient (Wildman–Crippen LogP) is 2.16. The van der Waals surface area contributed by atoms with E-state index in [0.717, 1.165) is 51.2 Å². The summed E-state index contributed by atoms with van der Waals surface area (Å²) in [5, 5.41) is 3.68. The highest BCUT2D eigenvalue weighted by molar-refractivity contribution is 5.05. The maximum absolute atomic E-state index is 5.78. The summed E-state index contributed by atoms with van der Waals surface area (Å²) in [6.45, 7) is 2.40. The molecule has 1 atom stereocenters. The number of rotatable bonds is 5. The van der Waals surface area contributed by atoms with Crippen molar-refractivity contribution in [1.29, 1.82) is 0 Å². The first kappa shape index (κ1) is 15.0. The molecule has 1 spiro atoms. The van der Waals surface area contributed by atoms with Crippen molar-refractivity contribution in [2.75, 3.05) is 33.9 Å². The standard InChI is InChI=1S/C16H26N2O3/c1-18(2)14(15-4-3-9-19-15)12-17-13-5-7-16(8-6-13)20-10-11-21-16/h3-4,9,13-14,17H,5-8,10-12H2,1-2H3. The Bertz CT molecular complexity index is 417. The van der Waals surface area contributed by atoms with Crippen LogP contribution in [0.3, 0.4) is 0 Å². The van der Waals surface area contributed by atoms with Gasteiger partial charge in [-0.3, -0.25) is 4.90 Å². The van der Waals surface area contributed by atoms with Gasteiger partial charge in [-0.05, 0) is 39.1 Å². The number of nitrogens with zero attached hydrogens (tertiary/aromatic N) is 1. The third kappa shape index (κ3) is 3.48. The number of hydrogen-bond acceptors (Lipinski definition) is 5. The Morgan fingerprint density at radius 3 is 2.57 bits per heavy atom. The molecule has 5 heteroatoms. The average molecular weight is 294 g/mol. The Balaban J connectivity index is 1.49. The molecule has 1 unspecified atom stereocenters. The molecule has 0 radical (unpaired) electrons. The quantitative estimate of drug-likeness (QED) is 0.901. The molecule has 2 heterocycles. The molecule has 5 nitrogen and oxygen atoms in total. The molecule has 1 aromatic heterocycles. The molecule has 0 aromatic carbocycles. The van der Waals surface area contributed by atoms with Crippen LogP contribution in [-0.4, -0.2) is 50.6 Å². The van der Waals surface area contributed by atoms with Crippen LogP contribution in [0.1, 0.15) is 37.5 Å². The smallest absolute Gasteiger partial charge is 0.168 e. The summed E-state index contributed by atoms with van der Waals surface area (Å²) in [5.41, 5.74) is 0. The molecule has 1 N–H and O–H groups in total. The lowest BCUT2D eigenvalue weighted by atomic mass is 9.90. The van der Waals surface area contributed by atoms with Gasteiger partial charge in [-0.25, -0.2) is 0 Å². The normalized spacial score (nSPS) is 24.0. The van der Waals surface area contributed by atoms with Gasteiger partial charge >= 0.3 is 0 Å². The van der Waals surface area contributed by atoms with Gasteiger partial charge in [0.1, 0.15) is 5.76 Å². The van der Waals surface area contributed by atoms with Gasteiger partial charge in [0.25, 0.3) is 0 Å². The first-order valence-corrected chi connectivity index (χ1v) is 7.90. The third-order valence-electron chi connectivity index (χ3n) is 4.66. The monoisotopic (exact) mass is 294 g/mol. The van der Waals surface area contributed by atoms with Gasteiger partial charge in [0.2, 0.25) is 0 Å². The second-order valence-corrected chi connectivity index (χ2v) is 6.28. The van der Waals surface area contributed by atoms with Crippen LogP contribution in [0.15, 0.2) is 22.8 Å². The Morgan fingerprint density at radius 2 is 2.00 bits per heavy atom. The molecule has 1 saturated heterocycles. The first-order chi connectivity index (χ1) is 10.2. The van der Waals surface area contributed by atoms with Crippen molar-refractivity contribution in [2.24, 2.45) is 0 Å². The maximum Gasteiger partial charge on any atom is 0.168 e. The molecule has 1 aromatic rings. The van der Waals surface area contributed by atoms with E-state index >= 15 is 0 Å². The Hall–Kier alpha value is -0.880. The van der Waals surface area contributed by atoms with Crippen LogP contribution in [0, 0.1) is 0 Å². The van der Waals surface area contributed by atoms with E-state index in [1.807, 2.05) is 12.1 Å². The van der Waals surface area contributed by atoms with Gasteiger partial charge in [-0.15, -0.1) is 0 Å². The van der Waals surface area contributed by atoms with E-state index in [1.165, 1.54) is 0 Å². The van der Waals surface area contributed by atoms with Gasteiger partial charge in [-0.2, -0.15) is 0 Å². The van der Waals surface area contributed by atoms with Crippen molar-refractivity contribution >= 4 is 0 Å². The maximum atomic E-state index is 5.78. The zero-order valence-corrected chi connectivity index (χ0v) is 13.0. The Kier molecular flexibility index (Phi) is 4.64. The number of furan rings is 1. The highest BCUT2D eigenvalue weighted by Gasteiger charge is 2.40. The molecule has 21 heavy (non-hydrogen) atoms. The molecule has 0 bridgehead atoms. The van der Waals surface area contributed by atoms with E-state index in [2.05, 4.69) is 24.3 Å². The lowest BCUT2D eigenvalue weighted by Crippen LogP contribution is -2.44. The van der Waals surface area contributed by atoms with Crippen molar-refractivity contribution < 1.29 is 13.9 Å². The zero-order valence-electron chi connectivity index (χ0n) is 13.0. The predicted molar refractivity (Wildman–Crippen MR) is 80.0 cm³/mol. The van der Waals surface area contributed by atoms with Gasteiger partial charge in [0, 0.05) is 25.4 Å². The first-order valence-electron chi connectivity index (χ1n) is 7.90. The Labute approximate surface area is 126 Å². The van der Waals surface area contributed by atoms with Gasteiger partial charge in [0.05, 0.1) is 25.5 Å². The van der Waals surface area contributed by atoms with Crippen LogP contribution < -0.4 is 5.32 Å². The van der Waals surface area contributed by atoms with Crippen molar-refractivity contribution in [3.8, 4) is 0 Å². The summed E-state index contributed by atoms with van der Waals surface area (Å²) < 4.78 is 17.1. The van der Waals surface area contributed by atoms with Gasteiger partial charge in [-0.1, -0.05) is 0 Å². The molecule has 0 amide bonds. The fourth-order valence-electron chi connectivity index (χ4n) is 3.34. The van der Waals surface area contributed by atoms with E-state index < -0.39 is 0 Å². The number of hydrogen-bond donors (Lipinski definition) is 1. The fraction of sp³-hybridized carbons (Fsp3) is 0.750. The van der Waals surface area contributed by atoms with Crippen LogP contribution >= 0.6 is 0 Å². The molecule has 1 saturated carbocycles. The van der Waals surface area contributed by atoms with Gasteiger partial charge < -0.3 is 19.2 Å². The SMILES string of the molecule is CN(C)C(CNC1CCC2(CC1)OCCO2)c1ccco1. The highest BCUT2D eigenvalue weighted by atomic mass is 16.7. The molecular formula is C16H26N2O3. The van der Waals surface area contributed by atoms with Crippen LogP contribution in [-0.2, 0) is 9.47 Å². The minimum Gasteiger partial charge on any atom is -0.468 e. The van der Waals surface area contributed by atoms with Crippen LogP contribution in [0.25, 0.3) is 0 Å². The summed E-state index contributed by atoms with van der Waals surface area (Å²) in [5.74, 6) is 0.752. The highest BCUT2D eigenvalue weighted by Crippen LogP contribution is 2.35. The summed E-state index contributed by atoms with van der Waals surface area (Å²) in [6, 6.07) is 4.81. The molecule has 2 aliphatic rings. The summed E-state index contributed by atoms with van der Waals surface area (Å²) in [7, 11) is 4.18. The molecular weight excluding hydrogens is 268 g/mol. The van der Waals surface area contributed by atoms with E-state index in [4.69, 9.17) is 13.9 Å². The fourth-order valence-corrected chi connectivity index (χ4v) is 3.34. The van der Waals surface area contributed by atoms with E-state index in [1.54, 1.807) is 6.26 Å². The largest absolute Gasteiger partial charge is 0.468 e. The molecule has 1 aliphatic carbocycles. The second kappa shape index (κ2) is 6.48. The third-order valence-corrected chi connectivity index (χ3v) is 4.66. The second-order valence-electron chi connectivity index (χ2n) is 6.28. The minimum atomic E-state index is -0.264. The molecule has 1 aliphatic heterocycles. The van der Waals surface area contributed by atoms with Crippen molar-refractivity contribution in [3.05, 3.63) is 24.2 Å². The summed E-state index contributed by atoms with van der Waals surface area (Å²) in [4.78, 5) is 2.19. The molecule has 118 valence electrons. The van der Waals surface area contributed by atoms with Crippen LogP contribution in [0.4, 0.5) is 0 Å². The van der Waals surface area contributed by atoms with Crippen molar-refractivity contribution in [2.45, 2.75) is 43.6 Å². The van der Waals surface area contributed by atoms with Gasteiger partial charge in [0.15, 0.2) is 5.79 Å². The zero-order chi connectivity index (χ0) is 14.7.